The molecule has 0 radical (unpaired) electrons. The Bertz CT molecular complexity index is 1320. The predicted molar refractivity (Wildman–Crippen MR) is 306 cm³/mol. The third kappa shape index (κ3) is 42.0. The largest absolute Gasteiger partial charge is 0.466 e. The molecule has 74 heavy (non-hydrogen) atoms. The molecule has 0 saturated carbocycles. The summed E-state index contributed by atoms with van der Waals surface area (Å²) < 4.78 is 16.7. The first-order chi connectivity index (χ1) is 36.2. The molecule has 0 bridgehead atoms. The molecule has 1 heterocycles. The average Bonchev–Trinajstić information content (AvgIpc) is 3.40. The van der Waals surface area contributed by atoms with Crippen molar-refractivity contribution in [3.63, 3.8) is 0 Å². The smallest absolute Gasteiger partial charge is 0.305 e. The molecule has 1 fully saturated rings. The number of allylic oxidation sites excluding steroid dienone is 5. The van der Waals surface area contributed by atoms with Crippen molar-refractivity contribution in [2.24, 2.45) is 0 Å². The minimum absolute atomic E-state index is 0.000233. The monoisotopic (exact) mass is 1050 g/mol. The normalized spacial score (nSPS) is 19.0. The summed E-state index contributed by atoms with van der Waals surface area (Å²) in [6, 6.07) is -0.831. The third-order valence-corrected chi connectivity index (χ3v) is 14.7. The van der Waals surface area contributed by atoms with Gasteiger partial charge in [-0.15, -0.1) is 0 Å². The molecule has 1 amide bonds. The van der Waals surface area contributed by atoms with Crippen molar-refractivity contribution in [2.45, 2.75) is 333 Å². The van der Waals surface area contributed by atoms with Gasteiger partial charge in [-0.05, 0) is 70.6 Å². The molecular weight excluding hydrogens is 931 g/mol. The molecule has 0 aliphatic carbocycles. The molecule has 1 aliphatic heterocycles. The summed E-state index contributed by atoms with van der Waals surface area (Å²) in [5, 5.41) is 54.2. The molecule has 0 aromatic rings. The summed E-state index contributed by atoms with van der Waals surface area (Å²) in [5.74, 6) is -0.202. The van der Waals surface area contributed by atoms with Crippen LogP contribution in [0.15, 0.2) is 36.5 Å². The number of nitrogens with one attached hydrogen (secondary N) is 1. The molecule has 0 aromatic heterocycles. The van der Waals surface area contributed by atoms with Crippen LogP contribution in [0.1, 0.15) is 290 Å². The summed E-state index contributed by atoms with van der Waals surface area (Å²) in [4.78, 5) is 25.1. The number of aliphatic hydroxyl groups is 5. The van der Waals surface area contributed by atoms with Crippen LogP contribution in [0.25, 0.3) is 0 Å². The van der Waals surface area contributed by atoms with Crippen LogP contribution in [0, 0.1) is 0 Å². The predicted octanol–water partition coefficient (Wildman–Crippen LogP) is 14.7. The van der Waals surface area contributed by atoms with E-state index in [9.17, 15) is 35.1 Å². The van der Waals surface area contributed by atoms with Gasteiger partial charge in [0, 0.05) is 12.8 Å². The molecule has 1 saturated heterocycles. The fourth-order valence-electron chi connectivity index (χ4n) is 9.74. The minimum atomic E-state index is -1.58. The highest BCUT2D eigenvalue weighted by molar-refractivity contribution is 5.76. The van der Waals surface area contributed by atoms with Gasteiger partial charge < -0.3 is 45.1 Å². The van der Waals surface area contributed by atoms with Crippen LogP contribution in [0.4, 0.5) is 0 Å². The number of ether oxygens (including phenoxy) is 3. The first-order valence-electron chi connectivity index (χ1n) is 31.3. The van der Waals surface area contributed by atoms with Crippen molar-refractivity contribution in [1.82, 2.24) is 5.32 Å². The van der Waals surface area contributed by atoms with E-state index in [1.54, 1.807) is 6.08 Å². The highest BCUT2D eigenvalue weighted by Crippen LogP contribution is 2.23. The van der Waals surface area contributed by atoms with Gasteiger partial charge in [-0.2, -0.15) is 0 Å². The molecule has 0 aromatic carbocycles. The van der Waals surface area contributed by atoms with Crippen LogP contribution in [0.3, 0.4) is 0 Å². The van der Waals surface area contributed by atoms with E-state index in [1.165, 1.54) is 193 Å². The maximum Gasteiger partial charge on any atom is 0.305 e. The number of unbranched alkanes of at least 4 members (excludes halogenated alkanes) is 36. The van der Waals surface area contributed by atoms with Crippen LogP contribution in [0.5, 0.6) is 0 Å². The number of carbonyl (C=O) groups is 2. The van der Waals surface area contributed by atoms with Crippen molar-refractivity contribution in [2.75, 3.05) is 19.8 Å². The fourth-order valence-corrected chi connectivity index (χ4v) is 9.74. The first-order valence-corrected chi connectivity index (χ1v) is 31.3. The van der Waals surface area contributed by atoms with Crippen molar-refractivity contribution >= 4 is 11.9 Å². The Morgan fingerprint density at radius 1 is 0.486 bits per heavy atom. The van der Waals surface area contributed by atoms with Crippen LogP contribution in [-0.2, 0) is 23.8 Å². The second-order valence-corrected chi connectivity index (χ2v) is 21.8. The number of amides is 1. The highest BCUT2D eigenvalue weighted by atomic mass is 16.7. The van der Waals surface area contributed by atoms with Crippen LogP contribution < -0.4 is 5.32 Å². The Labute approximate surface area is 453 Å². The fraction of sp³-hybridized carbons (Fsp3) is 0.873. The van der Waals surface area contributed by atoms with Crippen molar-refractivity contribution < 1.29 is 49.3 Å². The molecule has 7 atom stereocenters. The Balaban J connectivity index is 1.99. The second kappa shape index (κ2) is 52.9. The molecule has 434 valence electrons. The molecule has 6 N–H and O–H groups in total. The minimum Gasteiger partial charge on any atom is -0.466 e. The maximum absolute atomic E-state index is 13.0. The van der Waals surface area contributed by atoms with E-state index in [2.05, 4.69) is 43.5 Å². The molecule has 11 nitrogen and oxygen atoms in total. The van der Waals surface area contributed by atoms with E-state index in [0.717, 1.165) is 70.6 Å². The summed E-state index contributed by atoms with van der Waals surface area (Å²) in [5.41, 5.74) is 0. The van der Waals surface area contributed by atoms with Crippen LogP contribution in [0.2, 0.25) is 0 Å². The lowest BCUT2D eigenvalue weighted by Gasteiger charge is -2.40. The lowest BCUT2D eigenvalue weighted by molar-refractivity contribution is -0.302. The first kappa shape index (κ1) is 69.9. The average molecular weight is 1050 g/mol. The molecular formula is C63H117NO10. The molecule has 11 heteroatoms. The van der Waals surface area contributed by atoms with Crippen LogP contribution >= 0.6 is 0 Å². The number of carbonyl (C=O) groups excluding carboxylic acids is 2. The summed E-state index contributed by atoms with van der Waals surface area (Å²) in [6.07, 6.45) is 55.5. The molecule has 0 spiro atoms. The van der Waals surface area contributed by atoms with E-state index in [1.807, 2.05) is 6.08 Å². The second-order valence-electron chi connectivity index (χ2n) is 21.8. The van der Waals surface area contributed by atoms with Gasteiger partial charge in [0.15, 0.2) is 6.29 Å². The molecule has 1 rings (SSSR count). The van der Waals surface area contributed by atoms with Gasteiger partial charge in [0.2, 0.25) is 5.91 Å². The van der Waals surface area contributed by atoms with E-state index in [0.29, 0.717) is 19.4 Å². The lowest BCUT2D eigenvalue weighted by atomic mass is 9.99. The molecule has 1 aliphatic rings. The summed E-state index contributed by atoms with van der Waals surface area (Å²) >= 11 is 0. The number of aliphatic hydroxyl groups excluding tert-OH is 5. The maximum atomic E-state index is 13.0. The van der Waals surface area contributed by atoms with Gasteiger partial charge in [0.25, 0.3) is 0 Å². The van der Waals surface area contributed by atoms with Gasteiger partial charge in [0.05, 0.1) is 32.0 Å². The number of esters is 1. The van der Waals surface area contributed by atoms with E-state index in [-0.39, 0.29) is 18.5 Å². The standard InChI is InChI=1S/C63H117NO10/c1-3-5-7-9-11-13-14-15-24-28-31-35-39-43-47-51-59(68)72-52-48-44-40-36-32-29-26-23-21-19-17-16-18-20-22-25-27-30-34-38-42-46-50-58(67)64-55(56(66)49-45-41-37-33-12-10-8-6-4-2)54-73-63-62(71)61(70)60(69)57(53-65)74-63/h12,18,20,33,45,49,55-57,60-63,65-66,69-71H,3-11,13-17,19,21-32,34-44,46-48,50-54H2,1-2H3,(H,64,67)/b20-18-,33-12+,49-45+. The zero-order valence-corrected chi connectivity index (χ0v) is 47.8. The highest BCUT2D eigenvalue weighted by Gasteiger charge is 2.44. The Morgan fingerprint density at radius 2 is 0.878 bits per heavy atom. The third-order valence-electron chi connectivity index (χ3n) is 14.7. The van der Waals surface area contributed by atoms with Crippen molar-refractivity contribution in [1.29, 1.82) is 0 Å². The van der Waals surface area contributed by atoms with Gasteiger partial charge in [0.1, 0.15) is 24.4 Å². The molecule has 7 unspecified atom stereocenters. The van der Waals surface area contributed by atoms with Crippen LogP contribution in [-0.4, -0.2) is 100 Å². The van der Waals surface area contributed by atoms with E-state index in [4.69, 9.17) is 14.2 Å². The number of hydrogen-bond donors (Lipinski definition) is 6. The lowest BCUT2D eigenvalue weighted by Crippen LogP contribution is -2.60. The van der Waals surface area contributed by atoms with Gasteiger partial charge in [-0.1, -0.05) is 243 Å². The van der Waals surface area contributed by atoms with Gasteiger partial charge in [-0.3, -0.25) is 9.59 Å². The Morgan fingerprint density at radius 3 is 1.36 bits per heavy atom. The van der Waals surface area contributed by atoms with Gasteiger partial charge in [-0.25, -0.2) is 0 Å². The quantitative estimate of drug-likeness (QED) is 0.0195. The zero-order chi connectivity index (χ0) is 53.8. The summed E-state index contributed by atoms with van der Waals surface area (Å²) in [6.45, 7) is 4.28. The number of rotatable bonds is 54. The van der Waals surface area contributed by atoms with Crippen molar-refractivity contribution in [3.8, 4) is 0 Å². The SMILES string of the molecule is CCCCC/C=C/CC/C=C/C(O)C(COC1OC(CO)C(O)C(O)C1O)NC(=O)CCCCCCCCC/C=C\CCCCCCCCCCCCCOC(=O)CCCCCCCCCCCCCCCCC. The summed E-state index contributed by atoms with van der Waals surface area (Å²) in [7, 11) is 0. The zero-order valence-electron chi connectivity index (χ0n) is 47.8. The van der Waals surface area contributed by atoms with Crippen molar-refractivity contribution in [3.05, 3.63) is 36.5 Å². The number of hydrogen-bond acceptors (Lipinski definition) is 10. The van der Waals surface area contributed by atoms with Gasteiger partial charge >= 0.3 is 5.97 Å². The Hall–Kier alpha value is -2.12. The topological polar surface area (TPSA) is 175 Å². The Kier molecular flexibility index (Phi) is 50.0. The van der Waals surface area contributed by atoms with E-state index >= 15 is 0 Å². The van der Waals surface area contributed by atoms with E-state index < -0.39 is 49.5 Å².